The number of carbonyl (C=O) groups excluding carboxylic acids is 1. The van der Waals surface area contributed by atoms with Crippen molar-refractivity contribution in [1.29, 1.82) is 0 Å². The van der Waals surface area contributed by atoms with Gasteiger partial charge >= 0.3 is 11.6 Å². The van der Waals surface area contributed by atoms with E-state index in [1.807, 2.05) is 0 Å². The monoisotopic (exact) mass is 266 g/mol. The van der Waals surface area contributed by atoms with Gasteiger partial charge in [0.05, 0.1) is 7.05 Å². The van der Waals surface area contributed by atoms with Gasteiger partial charge in [-0.2, -0.15) is 0 Å². The molecule has 0 fully saturated rings. The van der Waals surface area contributed by atoms with Crippen molar-refractivity contribution < 1.29 is 19.3 Å². The van der Waals surface area contributed by atoms with Gasteiger partial charge in [-0.3, -0.25) is 24.5 Å². The molecule has 0 saturated carbocycles. The maximum atomic E-state index is 11.9. The topological polar surface area (TPSA) is 121 Å². The van der Waals surface area contributed by atoms with Crippen LogP contribution in [0.3, 0.4) is 0 Å². The third kappa shape index (κ3) is 2.44. The van der Waals surface area contributed by atoms with Gasteiger partial charge in [-0.15, -0.1) is 0 Å². The molecule has 0 aromatic carbocycles. The largest absolute Gasteiger partial charge is 0.479 e. The number of H-pyrrole nitrogens is 1. The van der Waals surface area contributed by atoms with E-state index in [0.717, 1.165) is 0 Å². The molecule has 0 aliphatic heterocycles. The van der Waals surface area contributed by atoms with Crippen LogP contribution in [0.25, 0.3) is 11.2 Å². The Kier molecular flexibility index (Phi) is 3.03. The Morgan fingerprint density at radius 2 is 2.26 bits per heavy atom. The lowest BCUT2D eigenvalue weighted by Gasteiger charge is -1.96. The predicted molar refractivity (Wildman–Crippen MR) is 63.5 cm³/mol. The molecule has 19 heavy (non-hydrogen) atoms. The number of amides is 1. The normalized spacial score (nSPS) is 10.6. The number of carboxylic acids is 1. The predicted octanol–water partition coefficient (Wildman–Crippen LogP) is -1.41. The zero-order valence-corrected chi connectivity index (χ0v) is 10.3. The number of aromatic amines is 1. The Hall–Kier alpha value is -2.71. The molecule has 0 unspecified atom stereocenters. The number of aromatic nitrogens is 4. The van der Waals surface area contributed by atoms with Gasteiger partial charge in [0.1, 0.15) is 0 Å². The first-order valence-corrected chi connectivity index (χ1v) is 5.36. The second-order valence-electron chi connectivity index (χ2n) is 4.02. The van der Waals surface area contributed by atoms with Gasteiger partial charge in [0.25, 0.3) is 11.5 Å². The molecule has 2 heterocycles. The average Bonchev–Trinajstić information content (AvgIpc) is 2.53. The molecule has 0 bridgehead atoms. The highest BCUT2D eigenvalue weighted by Gasteiger charge is 2.21. The summed E-state index contributed by atoms with van der Waals surface area (Å²) >= 11 is 0. The summed E-state index contributed by atoms with van der Waals surface area (Å²) in [6.07, 6.45) is 1.46. The van der Waals surface area contributed by atoms with E-state index in [9.17, 15) is 14.4 Å². The first kappa shape index (κ1) is 12.7. The Bertz CT molecular complexity index is 729. The van der Waals surface area contributed by atoms with Crippen molar-refractivity contribution in [2.45, 2.75) is 13.5 Å². The van der Waals surface area contributed by atoms with Crippen LogP contribution in [0.4, 0.5) is 5.95 Å². The van der Waals surface area contributed by atoms with Crippen LogP contribution in [-0.4, -0.2) is 31.5 Å². The minimum absolute atomic E-state index is 0.0182. The van der Waals surface area contributed by atoms with Crippen LogP contribution in [0.15, 0.2) is 11.1 Å². The number of aliphatic carboxylic acids is 1. The van der Waals surface area contributed by atoms with E-state index in [-0.39, 0.29) is 29.6 Å². The molecule has 9 nitrogen and oxygen atoms in total. The summed E-state index contributed by atoms with van der Waals surface area (Å²) in [4.78, 5) is 40.0. The molecule has 0 spiro atoms. The molecule has 9 heteroatoms. The molecule has 2 rings (SSSR count). The van der Waals surface area contributed by atoms with Crippen molar-refractivity contribution in [2.75, 3.05) is 5.32 Å². The van der Waals surface area contributed by atoms with Crippen molar-refractivity contribution in [3.05, 3.63) is 16.7 Å². The smallest absolute Gasteiger partial charge is 0.338 e. The van der Waals surface area contributed by atoms with Crippen LogP contribution in [0.5, 0.6) is 0 Å². The third-order valence-corrected chi connectivity index (χ3v) is 2.41. The lowest BCUT2D eigenvalue weighted by Crippen LogP contribution is -2.37. The highest BCUT2D eigenvalue weighted by atomic mass is 16.4. The Labute approximate surface area is 106 Å². The Morgan fingerprint density at radius 1 is 1.58 bits per heavy atom. The zero-order chi connectivity index (χ0) is 14.2. The maximum absolute atomic E-state index is 11.9. The van der Waals surface area contributed by atoms with Gasteiger partial charge in [0.15, 0.2) is 12.9 Å². The van der Waals surface area contributed by atoms with Crippen molar-refractivity contribution in [3.8, 4) is 0 Å². The summed E-state index contributed by atoms with van der Waals surface area (Å²) in [5.41, 5.74) is -0.0341. The molecule has 0 saturated heterocycles. The fourth-order valence-corrected chi connectivity index (χ4v) is 1.78. The number of carbonyl (C=O) groups is 2. The molecule has 0 radical (unpaired) electrons. The number of hydrogen-bond donors (Lipinski definition) is 3. The fraction of sp³-hybridized carbons (Fsp3) is 0.300. The number of nitrogens with zero attached hydrogens (tertiary/aromatic N) is 3. The minimum atomic E-state index is -1.05. The molecule has 100 valence electrons. The molecule has 0 aliphatic carbocycles. The third-order valence-electron chi connectivity index (χ3n) is 2.41. The number of rotatable bonds is 3. The SMILES string of the molecule is CC(=O)Nc1nc2c(c(=O)[nH]1)n(C)c[n+]2CC(=O)O. The van der Waals surface area contributed by atoms with Crippen LogP contribution in [0.1, 0.15) is 6.92 Å². The maximum Gasteiger partial charge on any atom is 0.338 e. The fourth-order valence-electron chi connectivity index (χ4n) is 1.78. The summed E-state index contributed by atoms with van der Waals surface area (Å²) in [6.45, 7) is 0.952. The van der Waals surface area contributed by atoms with E-state index in [0.29, 0.717) is 0 Å². The first-order valence-electron chi connectivity index (χ1n) is 5.36. The lowest BCUT2D eigenvalue weighted by molar-refractivity contribution is -0.662. The molecular formula is C10H12N5O4+. The molecule has 0 aliphatic rings. The molecule has 2 aromatic rings. The second kappa shape index (κ2) is 4.52. The van der Waals surface area contributed by atoms with Crippen molar-refractivity contribution >= 4 is 29.0 Å². The van der Waals surface area contributed by atoms with Crippen LogP contribution >= 0.6 is 0 Å². The number of fused-ring (bicyclic) bond motifs is 1. The van der Waals surface area contributed by atoms with Gasteiger partial charge in [0.2, 0.25) is 11.4 Å². The van der Waals surface area contributed by atoms with Crippen LogP contribution in [0, 0.1) is 0 Å². The molecule has 1 amide bonds. The highest BCUT2D eigenvalue weighted by molar-refractivity contribution is 5.87. The molecule has 2 aromatic heterocycles. The number of hydrogen-bond acceptors (Lipinski definition) is 4. The Morgan fingerprint density at radius 3 is 2.84 bits per heavy atom. The summed E-state index contributed by atoms with van der Waals surface area (Å²) in [5, 5.41) is 11.2. The number of nitrogens with one attached hydrogen (secondary N) is 2. The summed E-state index contributed by atoms with van der Waals surface area (Å²) in [5.74, 6) is -1.46. The standard InChI is InChI=1S/C10H11N5O4/c1-5(16)11-10-12-8-7(9(19)13-10)14(2)4-15(8)3-6(17)18/h4H,3H2,1-2H3,(H2-,11,12,13,16,17,18,19)/p+1. The van der Waals surface area contributed by atoms with Crippen LogP contribution in [-0.2, 0) is 23.2 Å². The van der Waals surface area contributed by atoms with E-state index in [4.69, 9.17) is 5.11 Å². The average molecular weight is 266 g/mol. The summed E-state index contributed by atoms with van der Waals surface area (Å²) < 4.78 is 2.79. The zero-order valence-electron chi connectivity index (χ0n) is 10.3. The molecule has 3 N–H and O–H groups in total. The van der Waals surface area contributed by atoms with E-state index >= 15 is 0 Å². The van der Waals surface area contributed by atoms with E-state index in [1.165, 1.54) is 22.4 Å². The van der Waals surface area contributed by atoms with Crippen molar-refractivity contribution in [2.24, 2.45) is 7.05 Å². The van der Waals surface area contributed by atoms with Gasteiger partial charge < -0.3 is 5.11 Å². The first-order chi connectivity index (χ1) is 8.88. The van der Waals surface area contributed by atoms with Gasteiger partial charge in [0, 0.05) is 6.92 Å². The molecular weight excluding hydrogens is 254 g/mol. The highest BCUT2D eigenvalue weighted by Crippen LogP contribution is 2.04. The number of carboxylic acid groups (broad SMARTS) is 1. The van der Waals surface area contributed by atoms with Gasteiger partial charge in [-0.1, -0.05) is 4.98 Å². The Balaban J connectivity index is 2.66. The van der Waals surface area contributed by atoms with E-state index in [2.05, 4.69) is 15.3 Å². The number of anilines is 1. The van der Waals surface area contributed by atoms with Gasteiger partial charge in [-0.05, 0) is 0 Å². The van der Waals surface area contributed by atoms with E-state index < -0.39 is 11.5 Å². The quantitative estimate of drug-likeness (QED) is 0.589. The number of aryl methyl sites for hydroxylation is 1. The van der Waals surface area contributed by atoms with Crippen molar-refractivity contribution in [3.63, 3.8) is 0 Å². The summed E-state index contributed by atoms with van der Waals surface area (Å²) in [6, 6.07) is 0. The van der Waals surface area contributed by atoms with Gasteiger partial charge in [-0.25, -0.2) is 9.36 Å². The number of imidazole rings is 1. The minimum Gasteiger partial charge on any atom is -0.479 e. The van der Waals surface area contributed by atoms with Crippen LogP contribution < -0.4 is 15.4 Å². The summed E-state index contributed by atoms with van der Waals surface area (Å²) in [7, 11) is 1.61. The van der Waals surface area contributed by atoms with Crippen molar-refractivity contribution in [1.82, 2.24) is 14.5 Å². The van der Waals surface area contributed by atoms with E-state index in [1.54, 1.807) is 7.05 Å². The second-order valence-corrected chi connectivity index (χ2v) is 4.02. The van der Waals surface area contributed by atoms with Crippen LogP contribution in [0.2, 0.25) is 0 Å². The molecule has 0 atom stereocenters. The lowest BCUT2D eigenvalue weighted by atomic mass is 10.5.